The molecule has 0 spiro atoms. The second kappa shape index (κ2) is 11.0. The maximum atomic E-state index is 13.0. The summed E-state index contributed by atoms with van der Waals surface area (Å²) < 4.78 is 78.0. The number of ketones is 2. The molecule has 0 radical (unpaired) electrons. The van der Waals surface area contributed by atoms with Gasteiger partial charge in [0.25, 0.3) is 0 Å². The molecule has 0 amide bonds. The average Bonchev–Trinajstić information content (AvgIpc) is 3.06. The molecular formula is C23H24F6O4. The lowest BCUT2D eigenvalue weighted by Gasteiger charge is -2.15. The lowest BCUT2D eigenvalue weighted by atomic mass is 9.89. The number of halogens is 6. The van der Waals surface area contributed by atoms with Crippen molar-refractivity contribution in [2.45, 2.75) is 63.7 Å². The highest BCUT2D eigenvalue weighted by Crippen LogP contribution is 2.37. The Morgan fingerprint density at radius 1 is 0.939 bits per heavy atom. The monoisotopic (exact) mass is 478 g/mol. The minimum Gasteiger partial charge on any atom is -0.481 e. The van der Waals surface area contributed by atoms with E-state index in [0.29, 0.717) is 44.2 Å². The summed E-state index contributed by atoms with van der Waals surface area (Å²) in [4.78, 5) is 35.1. The van der Waals surface area contributed by atoms with E-state index < -0.39 is 40.8 Å². The van der Waals surface area contributed by atoms with Gasteiger partial charge in [0, 0.05) is 24.3 Å². The van der Waals surface area contributed by atoms with E-state index in [9.17, 15) is 40.7 Å². The number of allylic oxidation sites excluding steroid dienone is 2. The number of hydrogen-bond donors (Lipinski definition) is 1. The molecule has 182 valence electrons. The van der Waals surface area contributed by atoms with Gasteiger partial charge in [-0.2, -0.15) is 26.3 Å². The van der Waals surface area contributed by atoms with Gasteiger partial charge in [0.15, 0.2) is 5.78 Å². The number of carboxylic acids is 1. The molecule has 1 aromatic rings. The SMILES string of the molecule is O=C(O)CCCCCCC1C(=O)CCC1/C=C/C(=O)c1cc(C(F)(F)F)cc(C(F)(F)F)c1. The first-order chi connectivity index (χ1) is 15.3. The Kier molecular flexibility index (Phi) is 8.85. The fraction of sp³-hybridized carbons (Fsp3) is 0.522. The molecule has 4 nitrogen and oxygen atoms in total. The Balaban J connectivity index is 2.07. The molecule has 0 saturated heterocycles. The molecule has 2 rings (SSSR count). The van der Waals surface area contributed by atoms with Crippen molar-refractivity contribution in [3.05, 3.63) is 47.0 Å². The zero-order valence-corrected chi connectivity index (χ0v) is 17.6. The van der Waals surface area contributed by atoms with E-state index in [2.05, 4.69) is 0 Å². The third-order valence-electron chi connectivity index (χ3n) is 5.68. The molecule has 1 N–H and O–H groups in total. The molecule has 10 heteroatoms. The zero-order chi connectivity index (χ0) is 24.8. The summed E-state index contributed by atoms with van der Waals surface area (Å²) in [6.07, 6.45) is -3.79. The first-order valence-corrected chi connectivity index (χ1v) is 10.6. The molecule has 2 atom stereocenters. The molecule has 1 aliphatic carbocycles. The van der Waals surface area contributed by atoms with Crippen molar-refractivity contribution >= 4 is 17.5 Å². The van der Waals surface area contributed by atoms with Crippen LogP contribution in [0.3, 0.4) is 0 Å². The van der Waals surface area contributed by atoms with Crippen molar-refractivity contribution in [1.82, 2.24) is 0 Å². The Morgan fingerprint density at radius 2 is 1.52 bits per heavy atom. The van der Waals surface area contributed by atoms with Crippen LogP contribution < -0.4 is 0 Å². The third-order valence-corrected chi connectivity index (χ3v) is 5.68. The van der Waals surface area contributed by atoms with Gasteiger partial charge in [-0.05, 0) is 49.5 Å². The van der Waals surface area contributed by atoms with Crippen molar-refractivity contribution in [2.75, 3.05) is 0 Å². The van der Waals surface area contributed by atoms with Gasteiger partial charge in [0.1, 0.15) is 5.78 Å². The van der Waals surface area contributed by atoms with E-state index in [0.717, 1.165) is 12.5 Å². The zero-order valence-electron chi connectivity index (χ0n) is 17.6. The van der Waals surface area contributed by atoms with Crippen LogP contribution in [0.15, 0.2) is 30.4 Å². The quantitative estimate of drug-likeness (QED) is 0.181. The number of carbonyl (C=O) groups is 3. The molecule has 1 saturated carbocycles. The Bertz CT molecular complexity index is 869. The number of carbonyl (C=O) groups excluding carboxylic acids is 2. The molecule has 0 bridgehead atoms. The average molecular weight is 478 g/mol. The second-order valence-corrected chi connectivity index (χ2v) is 8.14. The summed E-state index contributed by atoms with van der Waals surface area (Å²) >= 11 is 0. The number of alkyl halides is 6. The molecule has 2 unspecified atom stereocenters. The lowest BCUT2D eigenvalue weighted by Crippen LogP contribution is -2.14. The van der Waals surface area contributed by atoms with Gasteiger partial charge >= 0.3 is 18.3 Å². The number of hydrogen-bond acceptors (Lipinski definition) is 3. The van der Waals surface area contributed by atoms with Crippen molar-refractivity contribution in [3.63, 3.8) is 0 Å². The first kappa shape index (κ1) is 26.6. The van der Waals surface area contributed by atoms with Crippen molar-refractivity contribution in [2.24, 2.45) is 11.8 Å². The minimum absolute atomic E-state index is 0.000983. The largest absolute Gasteiger partial charge is 0.481 e. The van der Waals surface area contributed by atoms with E-state index >= 15 is 0 Å². The van der Waals surface area contributed by atoms with E-state index in [1.54, 1.807) is 0 Å². The Labute approximate surface area is 186 Å². The first-order valence-electron chi connectivity index (χ1n) is 10.6. The number of carboxylic acid groups (broad SMARTS) is 1. The lowest BCUT2D eigenvalue weighted by molar-refractivity contribution is -0.143. The molecule has 33 heavy (non-hydrogen) atoms. The van der Waals surface area contributed by atoms with Crippen LogP contribution >= 0.6 is 0 Å². The predicted molar refractivity (Wildman–Crippen MR) is 106 cm³/mol. The van der Waals surface area contributed by atoms with E-state index in [-0.39, 0.29) is 36.5 Å². The van der Waals surface area contributed by atoms with E-state index in [4.69, 9.17) is 5.11 Å². The van der Waals surface area contributed by atoms with Gasteiger partial charge in [0.2, 0.25) is 0 Å². The highest BCUT2D eigenvalue weighted by molar-refractivity contribution is 6.04. The topological polar surface area (TPSA) is 71.4 Å². The molecular weight excluding hydrogens is 454 g/mol. The second-order valence-electron chi connectivity index (χ2n) is 8.14. The highest BCUT2D eigenvalue weighted by atomic mass is 19.4. The van der Waals surface area contributed by atoms with Gasteiger partial charge in [-0.25, -0.2) is 0 Å². The molecule has 1 aromatic carbocycles. The van der Waals surface area contributed by atoms with Gasteiger partial charge in [-0.3, -0.25) is 14.4 Å². The van der Waals surface area contributed by atoms with Crippen LogP contribution in [0.2, 0.25) is 0 Å². The fourth-order valence-corrected chi connectivity index (χ4v) is 3.94. The predicted octanol–water partition coefficient (Wildman–Crippen LogP) is 6.48. The smallest absolute Gasteiger partial charge is 0.416 e. The summed E-state index contributed by atoms with van der Waals surface area (Å²) in [6, 6.07) is 0.731. The van der Waals surface area contributed by atoms with E-state index in [1.807, 2.05) is 0 Å². The highest BCUT2D eigenvalue weighted by Gasteiger charge is 2.37. The van der Waals surface area contributed by atoms with Crippen molar-refractivity contribution in [3.8, 4) is 0 Å². The number of benzene rings is 1. The summed E-state index contributed by atoms with van der Waals surface area (Å²) in [5, 5.41) is 8.62. The molecule has 1 fully saturated rings. The minimum atomic E-state index is -5.05. The van der Waals surface area contributed by atoms with Gasteiger partial charge in [-0.15, -0.1) is 0 Å². The van der Waals surface area contributed by atoms with Gasteiger partial charge < -0.3 is 5.11 Å². The fourth-order valence-electron chi connectivity index (χ4n) is 3.94. The maximum Gasteiger partial charge on any atom is 0.416 e. The summed E-state index contributed by atoms with van der Waals surface area (Å²) in [5.74, 6) is -2.58. The molecule has 0 aromatic heterocycles. The standard InChI is InChI=1S/C23H24F6O4/c24-22(25,26)16-11-15(12-17(13-16)23(27,28)29)19(30)9-7-14-8-10-20(31)18(14)5-3-1-2-4-6-21(32)33/h7,9,11-14,18H,1-6,8,10H2,(H,32,33)/b9-7+. The van der Waals surface area contributed by atoms with Crippen LogP contribution in [-0.2, 0) is 21.9 Å². The van der Waals surface area contributed by atoms with Crippen LogP contribution in [-0.4, -0.2) is 22.6 Å². The third kappa shape index (κ3) is 8.01. The van der Waals surface area contributed by atoms with Crippen molar-refractivity contribution in [1.29, 1.82) is 0 Å². The molecule has 1 aliphatic rings. The normalized spacial score (nSPS) is 19.4. The molecule has 0 aliphatic heterocycles. The number of unbranched alkanes of at least 4 members (excludes halogenated alkanes) is 3. The maximum absolute atomic E-state index is 13.0. The Morgan fingerprint density at radius 3 is 2.06 bits per heavy atom. The summed E-state index contributed by atoms with van der Waals surface area (Å²) in [7, 11) is 0. The number of aliphatic carboxylic acids is 1. The van der Waals surface area contributed by atoms with Gasteiger partial charge in [-0.1, -0.05) is 25.3 Å². The van der Waals surface area contributed by atoms with Crippen LogP contribution in [0.25, 0.3) is 0 Å². The summed E-state index contributed by atoms with van der Waals surface area (Å²) in [6.45, 7) is 0. The van der Waals surface area contributed by atoms with Crippen LogP contribution in [0.5, 0.6) is 0 Å². The summed E-state index contributed by atoms with van der Waals surface area (Å²) in [5.41, 5.74) is -3.86. The van der Waals surface area contributed by atoms with Crippen LogP contribution in [0.1, 0.15) is 72.9 Å². The van der Waals surface area contributed by atoms with Crippen molar-refractivity contribution < 1.29 is 45.8 Å². The van der Waals surface area contributed by atoms with Crippen LogP contribution in [0, 0.1) is 11.8 Å². The molecule has 0 heterocycles. The van der Waals surface area contributed by atoms with Crippen LogP contribution in [0.4, 0.5) is 26.3 Å². The van der Waals surface area contributed by atoms with E-state index in [1.165, 1.54) is 6.08 Å². The van der Waals surface area contributed by atoms with Gasteiger partial charge in [0.05, 0.1) is 11.1 Å². The number of rotatable bonds is 10. The number of Topliss-reactive ketones (excluding diaryl/α,β-unsaturated/α-hetero) is 1. The Hall–Kier alpha value is -2.65.